The predicted molar refractivity (Wildman–Crippen MR) is 67.0 cm³/mol. The molecule has 0 bridgehead atoms. The van der Waals surface area contributed by atoms with Crippen molar-refractivity contribution in [2.75, 3.05) is 13.7 Å². The monoisotopic (exact) mass is 250 g/mol. The molecule has 1 unspecified atom stereocenters. The molecule has 1 fully saturated rings. The topological polar surface area (TPSA) is 55.8 Å². The van der Waals surface area contributed by atoms with E-state index in [0.717, 1.165) is 19.3 Å². The molecule has 0 aliphatic heterocycles. The standard InChI is InChI=1S/C14H18O4/c1-17-12-7-2-3-8-13(12)18-9-11(14(15)16)10-5-4-6-10/h2-3,7-8,10-11H,4-6,9H2,1H3,(H,15,16). The van der Waals surface area contributed by atoms with E-state index in [-0.39, 0.29) is 12.5 Å². The quantitative estimate of drug-likeness (QED) is 0.843. The molecule has 1 aliphatic carbocycles. The second-order valence-corrected chi connectivity index (χ2v) is 4.60. The zero-order valence-electron chi connectivity index (χ0n) is 10.5. The minimum Gasteiger partial charge on any atom is -0.493 e. The average Bonchev–Trinajstić information content (AvgIpc) is 2.32. The molecule has 0 amide bonds. The number of benzene rings is 1. The molecule has 0 spiro atoms. The summed E-state index contributed by atoms with van der Waals surface area (Å²) in [4.78, 5) is 11.2. The second-order valence-electron chi connectivity index (χ2n) is 4.60. The summed E-state index contributed by atoms with van der Waals surface area (Å²) < 4.78 is 10.8. The Balaban J connectivity index is 1.98. The third kappa shape index (κ3) is 2.75. The van der Waals surface area contributed by atoms with Crippen molar-refractivity contribution >= 4 is 5.97 Å². The van der Waals surface area contributed by atoms with Crippen LogP contribution in [0.4, 0.5) is 0 Å². The van der Waals surface area contributed by atoms with Crippen molar-refractivity contribution in [1.82, 2.24) is 0 Å². The average molecular weight is 250 g/mol. The fraction of sp³-hybridized carbons (Fsp3) is 0.500. The fourth-order valence-electron chi connectivity index (χ4n) is 2.17. The van der Waals surface area contributed by atoms with E-state index >= 15 is 0 Å². The van der Waals surface area contributed by atoms with Crippen LogP contribution in [-0.4, -0.2) is 24.8 Å². The van der Waals surface area contributed by atoms with Crippen molar-refractivity contribution < 1.29 is 19.4 Å². The van der Waals surface area contributed by atoms with Gasteiger partial charge in [0, 0.05) is 0 Å². The Labute approximate surface area is 107 Å². The molecule has 0 radical (unpaired) electrons. The summed E-state index contributed by atoms with van der Waals surface area (Å²) in [6.07, 6.45) is 3.11. The number of carboxylic acids is 1. The lowest BCUT2D eigenvalue weighted by atomic mass is 9.76. The molecule has 4 heteroatoms. The minimum absolute atomic E-state index is 0.209. The van der Waals surface area contributed by atoms with E-state index in [2.05, 4.69) is 0 Å². The van der Waals surface area contributed by atoms with Gasteiger partial charge in [-0.05, 0) is 30.9 Å². The van der Waals surface area contributed by atoms with Gasteiger partial charge in [-0.15, -0.1) is 0 Å². The number of carbonyl (C=O) groups is 1. The van der Waals surface area contributed by atoms with Crippen molar-refractivity contribution in [3.05, 3.63) is 24.3 Å². The third-order valence-corrected chi connectivity index (χ3v) is 3.52. The normalized spacial score (nSPS) is 16.7. The van der Waals surface area contributed by atoms with Crippen LogP contribution in [0, 0.1) is 11.8 Å². The van der Waals surface area contributed by atoms with Crippen molar-refractivity contribution in [3.63, 3.8) is 0 Å². The lowest BCUT2D eigenvalue weighted by Crippen LogP contribution is -2.33. The van der Waals surface area contributed by atoms with Crippen LogP contribution in [0.15, 0.2) is 24.3 Å². The van der Waals surface area contributed by atoms with Gasteiger partial charge in [-0.3, -0.25) is 4.79 Å². The highest BCUT2D eigenvalue weighted by molar-refractivity contribution is 5.70. The molecule has 4 nitrogen and oxygen atoms in total. The van der Waals surface area contributed by atoms with Gasteiger partial charge in [-0.2, -0.15) is 0 Å². The second kappa shape index (κ2) is 5.76. The fourth-order valence-corrected chi connectivity index (χ4v) is 2.17. The molecular formula is C14H18O4. The molecular weight excluding hydrogens is 232 g/mol. The smallest absolute Gasteiger partial charge is 0.310 e. The highest BCUT2D eigenvalue weighted by Crippen LogP contribution is 2.35. The molecule has 0 aromatic heterocycles. The Bertz CT molecular complexity index is 412. The van der Waals surface area contributed by atoms with Crippen LogP contribution in [0.1, 0.15) is 19.3 Å². The molecule has 1 atom stereocenters. The van der Waals surface area contributed by atoms with E-state index in [1.54, 1.807) is 19.2 Å². The van der Waals surface area contributed by atoms with Gasteiger partial charge in [0.05, 0.1) is 13.0 Å². The first kappa shape index (κ1) is 12.7. The van der Waals surface area contributed by atoms with Gasteiger partial charge in [0.2, 0.25) is 0 Å². The van der Waals surface area contributed by atoms with Crippen LogP contribution in [0.25, 0.3) is 0 Å². The Kier molecular flexibility index (Phi) is 4.07. The highest BCUT2D eigenvalue weighted by atomic mass is 16.5. The van der Waals surface area contributed by atoms with Crippen molar-refractivity contribution in [2.45, 2.75) is 19.3 Å². The number of rotatable bonds is 6. The molecule has 0 heterocycles. The summed E-state index contributed by atoms with van der Waals surface area (Å²) in [5.74, 6) is 0.316. The maximum atomic E-state index is 11.2. The van der Waals surface area contributed by atoms with Gasteiger partial charge in [0.1, 0.15) is 6.61 Å². The molecule has 1 aromatic carbocycles. The molecule has 1 N–H and O–H groups in total. The Hall–Kier alpha value is -1.71. The van der Waals surface area contributed by atoms with Crippen LogP contribution in [-0.2, 0) is 4.79 Å². The molecule has 1 aliphatic rings. The number of carboxylic acid groups (broad SMARTS) is 1. The van der Waals surface area contributed by atoms with Crippen LogP contribution in [0.3, 0.4) is 0 Å². The number of hydrogen-bond acceptors (Lipinski definition) is 3. The zero-order valence-corrected chi connectivity index (χ0v) is 10.5. The van der Waals surface area contributed by atoms with E-state index < -0.39 is 11.9 Å². The van der Waals surface area contributed by atoms with Gasteiger partial charge < -0.3 is 14.6 Å². The van der Waals surface area contributed by atoms with E-state index in [9.17, 15) is 9.90 Å². The van der Waals surface area contributed by atoms with Gasteiger partial charge in [0.25, 0.3) is 0 Å². The van der Waals surface area contributed by atoms with Crippen molar-refractivity contribution in [2.24, 2.45) is 11.8 Å². The number of ether oxygens (including phenoxy) is 2. The van der Waals surface area contributed by atoms with Crippen LogP contribution >= 0.6 is 0 Å². The number of methoxy groups -OCH3 is 1. The van der Waals surface area contributed by atoms with Crippen LogP contribution in [0.2, 0.25) is 0 Å². The molecule has 0 saturated heterocycles. The number of para-hydroxylation sites is 2. The van der Waals surface area contributed by atoms with E-state index in [1.807, 2.05) is 12.1 Å². The molecule has 1 aromatic rings. The Morgan fingerprint density at radius 3 is 2.56 bits per heavy atom. The lowest BCUT2D eigenvalue weighted by Gasteiger charge is -2.31. The minimum atomic E-state index is -0.769. The molecule has 98 valence electrons. The highest BCUT2D eigenvalue weighted by Gasteiger charge is 2.33. The predicted octanol–water partition coefficient (Wildman–Crippen LogP) is 2.57. The maximum absolute atomic E-state index is 11.2. The first-order valence-corrected chi connectivity index (χ1v) is 6.21. The largest absolute Gasteiger partial charge is 0.493 e. The molecule has 2 rings (SSSR count). The first-order chi connectivity index (χ1) is 8.72. The van der Waals surface area contributed by atoms with Crippen LogP contribution in [0.5, 0.6) is 11.5 Å². The SMILES string of the molecule is COc1ccccc1OCC(C(=O)O)C1CCC1. The van der Waals surface area contributed by atoms with Crippen molar-refractivity contribution in [3.8, 4) is 11.5 Å². The van der Waals surface area contributed by atoms with E-state index in [1.165, 1.54) is 0 Å². The molecule has 18 heavy (non-hydrogen) atoms. The summed E-state index contributed by atoms with van der Waals surface area (Å²) in [5.41, 5.74) is 0. The summed E-state index contributed by atoms with van der Waals surface area (Å²) in [7, 11) is 1.57. The van der Waals surface area contributed by atoms with Gasteiger partial charge in [-0.1, -0.05) is 18.6 Å². The van der Waals surface area contributed by atoms with Gasteiger partial charge in [0.15, 0.2) is 11.5 Å². The lowest BCUT2D eigenvalue weighted by molar-refractivity contribution is -0.146. The summed E-state index contributed by atoms with van der Waals surface area (Å²) in [6.45, 7) is 0.209. The Morgan fingerprint density at radius 1 is 1.39 bits per heavy atom. The van der Waals surface area contributed by atoms with Gasteiger partial charge >= 0.3 is 5.97 Å². The summed E-state index contributed by atoms with van der Waals surface area (Å²) >= 11 is 0. The third-order valence-electron chi connectivity index (χ3n) is 3.52. The maximum Gasteiger partial charge on any atom is 0.310 e. The zero-order chi connectivity index (χ0) is 13.0. The van der Waals surface area contributed by atoms with Crippen molar-refractivity contribution in [1.29, 1.82) is 0 Å². The van der Waals surface area contributed by atoms with Gasteiger partial charge in [-0.25, -0.2) is 0 Å². The van der Waals surface area contributed by atoms with Crippen LogP contribution < -0.4 is 9.47 Å². The van der Waals surface area contributed by atoms with E-state index in [0.29, 0.717) is 11.5 Å². The summed E-state index contributed by atoms with van der Waals surface area (Å²) in [6, 6.07) is 7.29. The number of hydrogen-bond donors (Lipinski definition) is 1. The van der Waals surface area contributed by atoms with E-state index in [4.69, 9.17) is 9.47 Å². The molecule has 1 saturated carbocycles. The number of aliphatic carboxylic acids is 1. The summed E-state index contributed by atoms with van der Waals surface area (Å²) in [5, 5.41) is 9.20. The Morgan fingerprint density at radius 2 is 2.06 bits per heavy atom. The first-order valence-electron chi connectivity index (χ1n) is 6.21.